The van der Waals surface area contributed by atoms with E-state index in [1.54, 1.807) is 17.1 Å². The van der Waals surface area contributed by atoms with Crippen molar-refractivity contribution in [1.29, 1.82) is 0 Å². The predicted molar refractivity (Wildman–Crippen MR) is 83.4 cm³/mol. The first-order chi connectivity index (χ1) is 10.3. The minimum atomic E-state index is -0.0731. The third-order valence-electron chi connectivity index (χ3n) is 3.28. The van der Waals surface area contributed by atoms with Crippen LogP contribution in [-0.4, -0.2) is 28.8 Å². The van der Waals surface area contributed by atoms with Crippen LogP contribution in [0.3, 0.4) is 0 Å². The average Bonchev–Trinajstić information content (AvgIpc) is 3.01. The Bertz CT molecular complexity index is 550. The van der Waals surface area contributed by atoms with Crippen LogP contribution in [0.15, 0.2) is 42.7 Å². The van der Waals surface area contributed by atoms with Gasteiger partial charge in [0.2, 0.25) is 0 Å². The SMILES string of the molecule is NCCCCCCNC(=O)c1cnn(-c2ccccc2)c1. The lowest BCUT2D eigenvalue weighted by Crippen LogP contribution is -2.24. The number of hydrogen-bond donors (Lipinski definition) is 2. The van der Waals surface area contributed by atoms with Gasteiger partial charge in [0.05, 0.1) is 17.4 Å². The van der Waals surface area contributed by atoms with Gasteiger partial charge in [-0.15, -0.1) is 0 Å². The Labute approximate surface area is 125 Å². The highest BCUT2D eigenvalue weighted by molar-refractivity contribution is 5.93. The van der Waals surface area contributed by atoms with E-state index < -0.39 is 0 Å². The maximum Gasteiger partial charge on any atom is 0.254 e. The molecule has 5 nitrogen and oxygen atoms in total. The zero-order chi connectivity index (χ0) is 14.9. The maximum atomic E-state index is 12.0. The van der Waals surface area contributed by atoms with Crippen LogP contribution in [0.4, 0.5) is 0 Å². The Morgan fingerprint density at radius 2 is 1.90 bits per heavy atom. The number of unbranched alkanes of at least 4 members (excludes halogenated alkanes) is 3. The summed E-state index contributed by atoms with van der Waals surface area (Å²) in [5, 5.41) is 7.14. The van der Waals surface area contributed by atoms with Crippen molar-refractivity contribution < 1.29 is 4.79 Å². The van der Waals surface area contributed by atoms with Gasteiger partial charge in [0.25, 0.3) is 5.91 Å². The number of carbonyl (C=O) groups is 1. The quantitative estimate of drug-likeness (QED) is 0.730. The zero-order valence-electron chi connectivity index (χ0n) is 12.2. The number of nitrogens with one attached hydrogen (secondary N) is 1. The molecule has 0 bridgehead atoms. The molecule has 1 aromatic heterocycles. The molecule has 0 saturated heterocycles. The molecule has 21 heavy (non-hydrogen) atoms. The van der Waals surface area contributed by atoms with Crippen LogP contribution >= 0.6 is 0 Å². The van der Waals surface area contributed by atoms with Crippen LogP contribution in [0.2, 0.25) is 0 Å². The molecule has 0 unspecified atom stereocenters. The monoisotopic (exact) mass is 286 g/mol. The minimum Gasteiger partial charge on any atom is -0.352 e. The summed E-state index contributed by atoms with van der Waals surface area (Å²) >= 11 is 0. The molecule has 2 aromatic rings. The van der Waals surface area contributed by atoms with Gasteiger partial charge in [0.15, 0.2) is 0 Å². The van der Waals surface area contributed by atoms with Gasteiger partial charge in [0.1, 0.15) is 0 Å². The predicted octanol–water partition coefficient (Wildman–Crippen LogP) is 2.12. The van der Waals surface area contributed by atoms with Crippen LogP contribution in [0.1, 0.15) is 36.0 Å². The highest BCUT2D eigenvalue weighted by atomic mass is 16.1. The van der Waals surface area contributed by atoms with Crippen molar-refractivity contribution in [2.45, 2.75) is 25.7 Å². The van der Waals surface area contributed by atoms with Gasteiger partial charge in [0, 0.05) is 12.7 Å². The Morgan fingerprint density at radius 3 is 2.67 bits per heavy atom. The van der Waals surface area contributed by atoms with E-state index in [1.807, 2.05) is 30.3 Å². The van der Waals surface area contributed by atoms with Gasteiger partial charge in [-0.3, -0.25) is 4.79 Å². The first kappa shape index (κ1) is 15.3. The van der Waals surface area contributed by atoms with E-state index >= 15 is 0 Å². The third kappa shape index (κ3) is 4.72. The number of carbonyl (C=O) groups excluding carboxylic acids is 1. The van der Waals surface area contributed by atoms with E-state index in [0.29, 0.717) is 12.1 Å². The summed E-state index contributed by atoms with van der Waals surface area (Å²) in [6.07, 6.45) is 7.60. The summed E-state index contributed by atoms with van der Waals surface area (Å²) in [7, 11) is 0. The highest BCUT2D eigenvalue weighted by Crippen LogP contribution is 2.07. The smallest absolute Gasteiger partial charge is 0.254 e. The van der Waals surface area contributed by atoms with Gasteiger partial charge in [-0.1, -0.05) is 31.0 Å². The van der Waals surface area contributed by atoms with E-state index in [0.717, 1.165) is 37.9 Å². The number of amides is 1. The van der Waals surface area contributed by atoms with Gasteiger partial charge >= 0.3 is 0 Å². The van der Waals surface area contributed by atoms with Crippen molar-refractivity contribution in [3.05, 3.63) is 48.3 Å². The number of benzene rings is 1. The summed E-state index contributed by atoms with van der Waals surface area (Å²) in [6, 6.07) is 9.74. The molecule has 1 aromatic carbocycles. The third-order valence-corrected chi connectivity index (χ3v) is 3.28. The number of hydrogen-bond acceptors (Lipinski definition) is 3. The topological polar surface area (TPSA) is 72.9 Å². The van der Waals surface area contributed by atoms with Crippen molar-refractivity contribution in [3.8, 4) is 5.69 Å². The number of nitrogens with zero attached hydrogens (tertiary/aromatic N) is 2. The van der Waals surface area contributed by atoms with E-state index in [-0.39, 0.29) is 5.91 Å². The van der Waals surface area contributed by atoms with Crippen molar-refractivity contribution in [2.24, 2.45) is 5.73 Å². The first-order valence-electron chi connectivity index (χ1n) is 7.39. The highest BCUT2D eigenvalue weighted by Gasteiger charge is 2.08. The molecular formula is C16H22N4O. The second-order valence-electron chi connectivity index (χ2n) is 4.97. The van der Waals surface area contributed by atoms with Crippen LogP contribution in [0.25, 0.3) is 5.69 Å². The Balaban J connectivity index is 1.80. The number of nitrogens with two attached hydrogens (primary N) is 1. The molecule has 3 N–H and O–H groups in total. The molecule has 0 aliphatic heterocycles. The van der Waals surface area contributed by atoms with Crippen LogP contribution in [0, 0.1) is 0 Å². The number of rotatable bonds is 8. The van der Waals surface area contributed by atoms with Crippen LogP contribution in [-0.2, 0) is 0 Å². The van der Waals surface area contributed by atoms with Gasteiger partial charge in [-0.25, -0.2) is 4.68 Å². The lowest BCUT2D eigenvalue weighted by molar-refractivity contribution is 0.0953. The van der Waals surface area contributed by atoms with E-state index in [1.165, 1.54) is 0 Å². The van der Waals surface area contributed by atoms with Crippen molar-refractivity contribution >= 4 is 5.91 Å². The molecule has 0 fully saturated rings. The van der Waals surface area contributed by atoms with E-state index in [9.17, 15) is 4.79 Å². The normalized spacial score (nSPS) is 10.5. The largest absolute Gasteiger partial charge is 0.352 e. The van der Waals surface area contributed by atoms with Crippen molar-refractivity contribution in [1.82, 2.24) is 15.1 Å². The molecule has 0 atom stereocenters. The maximum absolute atomic E-state index is 12.0. The summed E-state index contributed by atoms with van der Waals surface area (Å²) in [5.41, 5.74) is 6.97. The van der Waals surface area contributed by atoms with E-state index in [2.05, 4.69) is 10.4 Å². The number of para-hydroxylation sites is 1. The Hall–Kier alpha value is -2.14. The van der Waals surface area contributed by atoms with Crippen LogP contribution < -0.4 is 11.1 Å². The molecule has 0 radical (unpaired) electrons. The zero-order valence-corrected chi connectivity index (χ0v) is 12.2. The van der Waals surface area contributed by atoms with Crippen LogP contribution in [0.5, 0.6) is 0 Å². The lowest BCUT2D eigenvalue weighted by Gasteiger charge is -2.03. The fourth-order valence-corrected chi connectivity index (χ4v) is 2.09. The van der Waals surface area contributed by atoms with Crippen molar-refractivity contribution in [2.75, 3.05) is 13.1 Å². The molecule has 1 heterocycles. The summed E-state index contributed by atoms with van der Waals surface area (Å²) in [5.74, 6) is -0.0731. The molecule has 0 aliphatic rings. The average molecular weight is 286 g/mol. The molecule has 0 saturated carbocycles. The van der Waals surface area contributed by atoms with Gasteiger partial charge in [-0.05, 0) is 31.5 Å². The second-order valence-corrected chi connectivity index (χ2v) is 4.97. The Morgan fingerprint density at radius 1 is 1.14 bits per heavy atom. The lowest BCUT2D eigenvalue weighted by atomic mass is 10.2. The fourth-order valence-electron chi connectivity index (χ4n) is 2.09. The molecule has 1 amide bonds. The van der Waals surface area contributed by atoms with Crippen molar-refractivity contribution in [3.63, 3.8) is 0 Å². The number of aromatic nitrogens is 2. The Kier molecular flexibility index (Phi) is 5.97. The molecular weight excluding hydrogens is 264 g/mol. The van der Waals surface area contributed by atoms with Gasteiger partial charge in [-0.2, -0.15) is 5.10 Å². The van der Waals surface area contributed by atoms with E-state index in [4.69, 9.17) is 5.73 Å². The molecule has 0 spiro atoms. The first-order valence-corrected chi connectivity index (χ1v) is 7.39. The molecule has 112 valence electrons. The van der Waals surface area contributed by atoms with Gasteiger partial charge < -0.3 is 11.1 Å². The summed E-state index contributed by atoms with van der Waals surface area (Å²) in [4.78, 5) is 12.0. The minimum absolute atomic E-state index is 0.0731. The molecule has 5 heteroatoms. The second kappa shape index (κ2) is 8.21. The summed E-state index contributed by atoms with van der Waals surface area (Å²) in [6.45, 7) is 1.44. The fraction of sp³-hybridized carbons (Fsp3) is 0.375. The standard InChI is InChI=1S/C16H22N4O/c17-10-6-1-2-7-11-18-16(21)14-12-19-20(13-14)15-8-4-3-5-9-15/h3-5,8-9,12-13H,1-2,6-7,10-11,17H2,(H,18,21). The summed E-state index contributed by atoms with van der Waals surface area (Å²) < 4.78 is 1.70. The molecule has 2 rings (SSSR count). The molecule has 0 aliphatic carbocycles.